The van der Waals surface area contributed by atoms with Gasteiger partial charge in [0.2, 0.25) is 21.8 Å². The van der Waals surface area contributed by atoms with Gasteiger partial charge in [-0.2, -0.15) is 4.31 Å². The third-order valence-electron chi connectivity index (χ3n) is 9.12. The highest BCUT2D eigenvalue weighted by molar-refractivity contribution is 7.89. The van der Waals surface area contributed by atoms with E-state index in [2.05, 4.69) is 0 Å². The van der Waals surface area contributed by atoms with Crippen molar-refractivity contribution in [2.24, 2.45) is 17.8 Å². The van der Waals surface area contributed by atoms with Crippen molar-refractivity contribution < 1.29 is 27.1 Å². The number of rotatable bonds is 6. The fourth-order valence-electron chi connectivity index (χ4n) is 7.30. The minimum absolute atomic E-state index is 0.0280. The van der Waals surface area contributed by atoms with Gasteiger partial charge in [0.25, 0.3) is 0 Å². The van der Waals surface area contributed by atoms with Gasteiger partial charge < -0.3 is 4.74 Å². The molecule has 2 aromatic rings. The Morgan fingerprint density at radius 2 is 1.65 bits per heavy atom. The van der Waals surface area contributed by atoms with E-state index in [0.29, 0.717) is 17.9 Å². The van der Waals surface area contributed by atoms with Crippen LogP contribution in [-0.2, 0) is 24.3 Å². The largest absolute Gasteiger partial charge is 0.498 e. The van der Waals surface area contributed by atoms with Crippen molar-refractivity contribution in [3.05, 3.63) is 76.8 Å². The molecule has 2 aliphatic carbocycles. The normalized spacial score (nSPS) is 27.7. The Morgan fingerprint density at radius 1 is 0.950 bits per heavy atom. The molecule has 2 aliphatic heterocycles. The Morgan fingerprint density at radius 3 is 2.33 bits per heavy atom. The van der Waals surface area contributed by atoms with Crippen LogP contribution < -0.4 is 0 Å². The van der Waals surface area contributed by atoms with Gasteiger partial charge in [0.1, 0.15) is 5.82 Å². The number of aryl methyl sites for hydroxylation is 1. The second kappa shape index (κ2) is 10.4. The van der Waals surface area contributed by atoms with Crippen LogP contribution in [-0.4, -0.2) is 48.6 Å². The van der Waals surface area contributed by atoms with E-state index < -0.39 is 39.6 Å². The summed E-state index contributed by atoms with van der Waals surface area (Å²) < 4.78 is 51.2. The Kier molecular flexibility index (Phi) is 7.07. The summed E-state index contributed by atoms with van der Waals surface area (Å²) >= 11 is 0. The molecule has 4 aliphatic rings. The van der Waals surface area contributed by atoms with Crippen molar-refractivity contribution in [3.8, 4) is 0 Å². The number of ether oxygens (including phenoxy) is 1. The highest BCUT2D eigenvalue weighted by Gasteiger charge is 2.61. The number of hydrogen-bond donors (Lipinski definition) is 0. The molecule has 0 aromatic heterocycles. The summed E-state index contributed by atoms with van der Waals surface area (Å²) in [6, 6.07) is 11.7. The second-order valence-electron chi connectivity index (χ2n) is 11.4. The first-order valence-corrected chi connectivity index (χ1v) is 15.7. The number of allylic oxidation sites excluding steroid dienone is 1. The minimum Gasteiger partial charge on any atom is -0.498 e. The zero-order valence-electron chi connectivity index (χ0n) is 22.9. The quantitative estimate of drug-likeness (QED) is 0.453. The SMILES string of the molecule is CCOC1=C2[C@@H](CN(S(=O)(=O)c3ccc(C)cc3)[C@H]2c2ccccc2F)[C@H]2C(=O)N(C3CCCCC3)C(=O)[C@H]2C1. The van der Waals surface area contributed by atoms with Crippen LogP contribution in [0.3, 0.4) is 0 Å². The van der Waals surface area contributed by atoms with Gasteiger partial charge in [0.15, 0.2) is 0 Å². The predicted octanol–water partition coefficient (Wildman–Crippen LogP) is 5.12. The summed E-state index contributed by atoms with van der Waals surface area (Å²) in [5.74, 6) is -2.30. The molecule has 4 atom stereocenters. The molecule has 9 heteroatoms. The Hall–Kier alpha value is -3.04. The summed E-state index contributed by atoms with van der Waals surface area (Å²) in [6.45, 7) is 3.99. The van der Waals surface area contributed by atoms with E-state index >= 15 is 4.39 Å². The van der Waals surface area contributed by atoms with Crippen LogP contribution in [0.15, 0.2) is 64.8 Å². The average molecular weight is 567 g/mol. The van der Waals surface area contributed by atoms with E-state index in [1.807, 2.05) is 13.8 Å². The fourth-order valence-corrected chi connectivity index (χ4v) is 8.91. The van der Waals surface area contributed by atoms with Crippen LogP contribution in [0, 0.1) is 30.5 Å². The molecule has 2 saturated heterocycles. The number of hydrogen-bond acceptors (Lipinski definition) is 5. The van der Waals surface area contributed by atoms with Crippen molar-refractivity contribution >= 4 is 21.8 Å². The van der Waals surface area contributed by atoms with Crippen LogP contribution >= 0.6 is 0 Å². The Bertz CT molecular complexity index is 1460. The van der Waals surface area contributed by atoms with E-state index in [1.54, 1.807) is 42.5 Å². The predicted molar refractivity (Wildman–Crippen MR) is 147 cm³/mol. The summed E-state index contributed by atoms with van der Waals surface area (Å²) in [5, 5.41) is 0. The lowest BCUT2D eigenvalue weighted by Crippen LogP contribution is -2.42. The number of carbonyl (C=O) groups is 2. The molecule has 0 radical (unpaired) electrons. The molecular formula is C31H35FN2O5S. The minimum atomic E-state index is -4.09. The molecule has 7 nitrogen and oxygen atoms in total. The van der Waals surface area contributed by atoms with E-state index in [1.165, 1.54) is 15.3 Å². The number of halogens is 1. The maximum Gasteiger partial charge on any atom is 0.243 e. The van der Waals surface area contributed by atoms with E-state index in [-0.39, 0.29) is 41.3 Å². The zero-order valence-corrected chi connectivity index (χ0v) is 23.7. The number of nitrogens with zero attached hydrogens (tertiary/aromatic N) is 2. The summed E-state index contributed by atoms with van der Waals surface area (Å²) in [7, 11) is -4.09. The van der Waals surface area contributed by atoms with Gasteiger partial charge >= 0.3 is 0 Å². The molecule has 0 bridgehead atoms. The summed E-state index contributed by atoms with van der Waals surface area (Å²) in [4.78, 5) is 29.4. The number of amides is 2. The fraction of sp³-hybridized carbons (Fsp3) is 0.484. The third-order valence-corrected chi connectivity index (χ3v) is 11.0. The number of sulfonamides is 1. The van der Waals surface area contributed by atoms with E-state index in [9.17, 15) is 18.0 Å². The topological polar surface area (TPSA) is 84.0 Å². The molecule has 2 aromatic carbocycles. The van der Waals surface area contributed by atoms with Crippen molar-refractivity contribution in [1.82, 2.24) is 9.21 Å². The zero-order chi connectivity index (χ0) is 28.2. The summed E-state index contributed by atoms with van der Waals surface area (Å²) in [6.07, 6.45) is 4.86. The monoisotopic (exact) mass is 566 g/mol. The number of imide groups is 1. The molecule has 0 spiro atoms. The van der Waals surface area contributed by atoms with Crippen molar-refractivity contribution in [1.29, 1.82) is 0 Å². The second-order valence-corrected chi connectivity index (χ2v) is 13.3. The van der Waals surface area contributed by atoms with E-state index in [4.69, 9.17) is 4.74 Å². The van der Waals surface area contributed by atoms with Gasteiger partial charge in [-0.25, -0.2) is 12.8 Å². The molecule has 1 saturated carbocycles. The molecule has 3 fully saturated rings. The number of fused-ring (bicyclic) bond motifs is 3. The molecule has 40 heavy (non-hydrogen) atoms. The van der Waals surface area contributed by atoms with Gasteiger partial charge in [0, 0.05) is 30.5 Å². The van der Waals surface area contributed by atoms with Gasteiger partial charge in [-0.3, -0.25) is 14.5 Å². The van der Waals surface area contributed by atoms with Crippen LogP contribution in [0.2, 0.25) is 0 Å². The van der Waals surface area contributed by atoms with Gasteiger partial charge in [-0.05, 0) is 50.5 Å². The maximum absolute atomic E-state index is 15.4. The van der Waals surface area contributed by atoms with E-state index in [0.717, 1.165) is 37.7 Å². The highest BCUT2D eigenvalue weighted by Crippen LogP contribution is 2.56. The van der Waals surface area contributed by atoms with Crippen molar-refractivity contribution in [3.63, 3.8) is 0 Å². The lowest BCUT2D eigenvalue weighted by atomic mass is 9.71. The van der Waals surface area contributed by atoms with Crippen molar-refractivity contribution in [2.75, 3.05) is 13.2 Å². The standard InChI is InChI=1S/C31H35FN2O5S/c1-3-39-26-17-23-27(31(36)34(30(23)35)20-9-5-4-6-10-20)24-18-33(40(37,38)21-15-13-19(2)14-16-21)29(28(24)26)22-11-7-8-12-25(22)32/h7-8,11-16,20,23-24,27,29H,3-6,9-10,17-18H2,1-2H3/t23-,24-,27-,29-/m0/s1. The molecule has 2 heterocycles. The highest BCUT2D eigenvalue weighted by atomic mass is 32.2. The smallest absolute Gasteiger partial charge is 0.243 e. The molecular weight excluding hydrogens is 531 g/mol. The van der Waals surface area contributed by atoms with Crippen LogP contribution in [0.4, 0.5) is 4.39 Å². The summed E-state index contributed by atoms with van der Waals surface area (Å²) in [5.41, 5.74) is 1.74. The lowest BCUT2D eigenvalue weighted by molar-refractivity contribution is -0.143. The van der Waals surface area contributed by atoms with Crippen LogP contribution in [0.25, 0.3) is 0 Å². The molecule has 6 rings (SSSR count). The molecule has 0 unspecified atom stereocenters. The molecule has 0 N–H and O–H groups in total. The Labute approximate surface area is 235 Å². The third kappa shape index (κ3) is 4.29. The molecule has 212 valence electrons. The first-order chi connectivity index (χ1) is 19.2. The number of likely N-dealkylation sites (tertiary alicyclic amines) is 1. The molecule has 2 amide bonds. The van der Waals surface area contributed by atoms with Gasteiger partial charge in [0.05, 0.1) is 35.1 Å². The lowest BCUT2D eigenvalue weighted by Gasteiger charge is -2.32. The van der Waals surface area contributed by atoms with Gasteiger partial charge in [-0.15, -0.1) is 0 Å². The van der Waals surface area contributed by atoms with Crippen LogP contribution in [0.5, 0.6) is 0 Å². The first-order valence-electron chi connectivity index (χ1n) is 14.3. The van der Waals surface area contributed by atoms with Crippen molar-refractivity contribution in [2.45, 2.75) is 69.4 Å². The number of carbonyl (C=O) groups excluding carboxylic acids is 2. The first kappa shape index (κ1) is 27.1. The van der Waals surface area contributed by atoms with Gasteiger partial charge in [-0.1, -0.05) is 55.2 Å². The number of benzene rings is 2. The average Bonchev–Trinajstić information content (AvgIpc) is 3.46. The Balaban J connectivity index is 1.49. The van der Waals surface area contributed by atoms with Crippen LogP contribution in [0.1, 0.15) is 62.6 Å². The maximum atomic E-state index is 15.4.